The summed E-state index contributed by atoms with van der Waals surface area (Å²) in [6.07, 6.45) is 6.98. The molecular weight excluding hydrogens is 176 g/mol. The number of carbonyl (C=O) groups is 1. The van der Waals surface area contributed by atoms with Gasteiger partial charge >= 0.3 is 0 Å². The lowest BCUT2D eigenvalue weighted by molar-refractivity contribution is -0.144. The standard InChI is InChI=1S/C11H20N2O/c1-11(6-3-2-4-7-11)10(14)13-9-5-8-12-13/h12H,2-9H2,1H3. The second-order valence-corrected chi connectivity index (χ2v) is 4.84. The van der Waals surface area contributed by atoms with Crippen molar-refractivity contribution in [2.45, 2.75) is 45.4 Å². The van der Waals surface area contributed by atoms with Gasteiger partial charge in [-0.15, -0.1) is 0 Å². The van der Waals surface area contributed by atoms with Gasteiger partial charge in [-0.3, -0.25) is 9.80 Å². The summed E-state index contributed by atoms with van der Waals surface area (Å²) in [5, 5.41) is 1.84. The second kappa shape index (κ2) is 3.89. The summed E-state index contributed by atoms with van der Waals surface area (Å²) in [4.78, 5) is 12.2. The van der Waals surface area contributed by atoms with Gasteiger partial charge in [0.25, 0.3) is 0 Å². The molecule has 1 saturated carbocycles. The van der Waals surface area contributed by atoms with Crippen molar-refractivity contribution in [3.05, 3.63) is 0 Å². The first-order valence-electron chi connectivity index (χ1n) is 5.78. The Morgan fingerprint density at radius 2 is 1.93 bits per heavy atom. The van der Waals surface area contributed by atoms with Crippen molar-refractivity contribution in [1.29, 1.82) is 0 Å². The molecule has 0 spiro atoms. The predicted molar refractivity (Wildman–Crippen MR) is 55.5 cm³/mol. The quantitative estimate of drug-likeness (QED) is 0.692. The molecule has 1 N–H and O–H groups in total. The van der Waals surface area contributed by atoms with E-state index in [1.54, 1.807) is 0 Å². The molecule has 0 radical (unpaired) electrons. The van der Waals surface area contributed by atoms with E-state index in [9.17, 15) is 4.79 Å². The number of carbonyl (C=O) groups excluding carboxylic acids is 1. The lowest BCUT2D eigenvalue weighted by Gasteiger charge is -2.35. The fraction of sp³-hybridized carbons (Fsp3) is 0.909. The van der Waals surface area contributed by atoms with Crippen LogP contribution in [0.3, 0.4) is 0 Å². The van der Waals surface area contributed by atoms with Crippen LogP contribution in [0.15, 0.2) is 0 Å². The van der Waals surface area contributed by atoms with Gasteiger partial charge < -0.3 is 0 Å². The molecule has 1 aliphatic heterocycles. The molecule has 0 aromatic rings. The number of nitrogens with one attached hydrogen (secondary N) is 1. The average Bonchev–Trinajstić information content (AvgIpc) is 2.70. The smallest absolute Gasteiger partial charge is 0.242 e. The zero-order chi connectivity index (χ0) is 10.0. The van der Waals surface area contributed by atoms with E-state index >= 15 is 0 Å². The molecule has 0 aromatic heterocycles. The van der Waals surface area contributed by atoms with Crippen molar-refractivity contribution in [2.75, 3.05) is 13.1 Å². The Morgan fingerprint density at radius 1 is 1.21 bits per heavy atom. The van der Waals surface area contributed by atoms with Crippen LogP contribution in [0.1, 0.15) is 45.4 Å². The van der Waals surface area contributed by atoms with Gasteiger partial charge in [0, 0.05) is 18.5 Å². The molecule has 1 heterocycles. The maximum Gasteiger partial charge on any atom is 0.242 e. The molecule has 1 aliphatic carbocycles. The van der Waals surface area contributed by atoms with E-state index in [0.717, 1.165) is 32.4 Å². The first kappa shape index (κ1) is 9.97. The third kappa shape index (κ3) is 1.78. The van der Waals surface area contributed by atoms with Crippen molar-refractivity contribution in [2.24, 2.45) is 5.41 Å². The monoisotopic (exact) mass is 196 g/mol. The van der Waals surface area contributed by atoms with Crippen molar-refractivity contribution >= 4 is 5.91 Å². The minimum atomic E-state index is -0.0738. The van der Waals surface area contributed by atoms with Crippen molar-refractivity contribution < 1.29 is 4.79 Å². The van der Waals surface area contributed by atoms with Crippen LogP contribution in [-0.2, 0) is 4.79 Å². The Hall–Kier alpha value is -0.570. The molecule has 2 fully saturated rings. The number of hydrazine groups is 1. The topological polar surface area (TPSA) is 32.3 Å². The summed E-state index contributed by atoms with van der Waals surface area (Å²) in [6.45, 7) is 3.99. The van der Waals surface area contributed by atoms with Gasteiger partial charge in [-0.05, 0) is 19.3 Å². The Labute approximate surface area is 85.8 Å². The van der Waals surface area contributed by atoms with Gasteiger partial charge in [0.2, 0.25) is 5.91 Å². The maximum absolute atomic E-state index is 12.2. The van der Waals surface area contributed by atoms with Crippen LogP contribution in [0.5, 0.6) is 0 Å². The lowest BCUT2D eigenvalue weighted by Crippen LogP contribution is -2.46. The second-order valence-electron chi connectivity index (χ2n) is 4.84. The van der Waals surface area contributed by atoms with Crippen LogP contribution in [-0.4, -0.2) is 24.0 Å². The fourth-order valence-electron chi connectivity index (χ4n) is 2.58. The Balaban J connectivity index is 2.00. The van der Waals surface area contributed by atoms with Crippen LogP contribution in [0, 0.1) is 5.41 Å². The molecule has 1 saturated heterocycles. The van der Waals surface area contributed by atoms with Crippen molar-refractivity contribution in [3.63, 3.8) is 0 Å². The first-order valence-corrected chi connectivity index (χ1v) is 5.78. The van der Waals surface area contributed by atoms with E-state index in [4.69, 9.17) is 0 Å². The zero-order valence-corrected chi connectivity index (χ0v) is 9.01. The van der Waals surface area contributed by atoms with Gasteiger partial charge in [-0.25, -0.2) is 5.43 Å². The van der Waals surface area contributed by atoms with Crippen LogP contribution >= 0.6 is 0 Å². The molecule has 3 nitrogen and oxygen atoms in total. The summed E-state index contributed by atoms with van der Waals surface area (Å²) in [5.74, 6) is 0.328. The summed E-state index contributed by atoms with van der Waals surface area (Å²) in [7, 11) is 0. The highest BCUT2D eigenvalue weighted by Gasteiger charge is 2.38. The van der Waals surface area contributed by atoms with Crippen LogP contribution in [0.25, 0.3) is 0 Å². The van der Waals surface area contributed by atoms with E-state index in [-0.39, 0.29) is 5.41 Å². The lowest BCUT2D eigenvalue weighted by atomic mass is 9.75. The van der Waals surface area contributed by atoms with E-state index < -0.39 is 0 Å². The first-order chi connectivity index (χ1) is 6.72. The van der Waals surface area contributed by atoms with E-state index in [1.165, 1.54) is 19.3 Å². The predicted octanol–water partition coefficient (Wildman–Crippen LogP) is 1.69. The summed E-state index contributed by atoms with van der Waals surface area (Å²) in [5.41, 5.74) is 3.09. The highest BCUT2D eigenvalue weighted by Crippen LogP contribution is 2.37. The van der Waals surface area contributed by atoms with E-state index in [0.29, 0.717) is 5.91 Å². The maximum atomic E-state index is 12.2. The third-order valence-electron chi connectivity index (χ3n) is 3.58. The highest BCUT2D eigenvalue weighted by molar-refractivity contribution is 5.82. The van der Waals surface area contributed by atoms with Crippen LogP contribution in [0.4, 0.5) is 0 Å². The summed E-state index contributed by atoms with van der Waals surface area (Å²) < 4.78 is 0. The molecule has 0 aromatic carbocycles. The highest BCUT2D eigenvalue weighted by atomic mass is 16.2. The summed E-state index contributed by atoms with van der Waals surface area (Å²) >= 11 is 0. The minimum Gasteiger partial charge on any atom is -0.278 e. The summed E-state index contributed by atoms with van der Waals surface area (Å²) in [6, 6.07) is 0. The van der Waals surface area contributed by atoms with Gasteiger partial charge in [0.05, 0.1) is 0 Å². The largest absolute Gasteiger partial charge is 0.278 e. The Kier molecular flexibility index (Phi) is 2.77. The van der Waals surface area contributed by atoms with E-state index in [1.807, 2.05) is 5.01 Å². The van der Waals surface area contributed by atoms with Crippen molar-refractivity contribution in [3.8, 4) is 0 Å². The molecule has 1 amide bonds. The molecule has 0 unspecified atom stereocenters. The van der Waals surface area contributed by atoms with Gasteiger partial charge in [-0.1, -0.05) is 26.2 Å². The molecule has 2 rings (SSSR count). The Morgan fingerprint density at radius 3 is 2.50 bits per heavy atom. The molecular formula is C11H20N2O. The normalized spacial score (nSPS) is 26.5. The fourth-order valence-corrected chi connectivity index (χ4v) is 2.58. The SMILES string of the molecule is CC1(C(=O)N2CCCN2)CCCCC1. The zero-order valence-electron chi connectivity index (χ0n) is 9.01. The number of amides is 1. The molecule has 80 valence electrons. The molecule has 0 atom stereocenters. The molecule has 14 heavy (non-hydrogen) atoms. The van der Waals surface area contributed by atoms with Gasteiger partial charge in [-0.2, -0.15) is 0 Å². The molecule has 0 bridgehead atoms. The number of hydrogen-bond acceptors (Lipinski definition) is 2. The number of hydrogen-bond donors (Lipinski definition) is 1. The van der Waals surface area contributed by atoms with Crippen molar-refractivity contribution in [1.82, 2.24) is 10.4 Å². The number of nitrogens with zero attached hydrogens (tertiary/aromatic N) is 1. The minimum absolute atomic E-state index is 0.0738. The molecule has 3 heteroatoms. The van der Waals surface area contributed by atoms with Crippen LogP contribution in [0.2, 0.25) is 0 Å². The van der Waals surface area contributed by atoms with Gasteiger partial charge in [0.15, 0.2) is 0 Å². The molecule has 2 aliphatic rings. The third-order valence-corrected chi connectivity index (χ3v) is 3.58. The average molecular weight is 196 g/mol. The van der Waals surface area contributed by atoms with E-state index in [2.05, 4.69) is 12.3 Å². The number of rotatable bonds is 1. The van der Waals surface area contributed by atoms with Crippen LogP contribution < -0.4 is 5.43 Å². The van der Waals surface area contributed by atoms with Gasteiger partial charge in [0.1, 0.15) is 0 Å². The Bertz CT molecular complexity index is 215.